The van der Waals surface area contributed by atoms with Gasteiger partial charge in [-0.1, -0.05) is 0 Å². The van der Waals surface area contributed by atoms with Crippen LogP contribution in [0, 0.1) is 0 Å². The third-order valence-corrected chi connectivity index (χ3v) is 18.8. The van der Waals surface area contributed by atoms with E-state index < -0.39 is 215 Å². The van der Waals surface area contributed by atoms with Crippen molar-refractivity contribution in [3.8, 4) is 0 Å². The first kappa shape index (κ1) is 80.3. The van der Waals surface area contributed by atoms with Crippen LogP contribution in [0.4, 0.5) is 0 Å². The minimum absolute atomic E-state index is 0.0501. The number of rotatable bonds is 26. The molecule has 35 nitrogen and oxygen atoms in total. The van der Waals surface area contributed by atoms with Crippen molar-refractivity contribution in [2.24, 2.45) is 0 Å². The minimum Gasteiger partial charge on any atom is -0.387 e. The summed E-state index contributed by atoms with van der Waals surface area (Å²) in [6, 6.07) is 0. The van der Waals surface area contributed by atoms with Crippen LogP contribution in [-0.2, 0) is 156 Å². The van der Waals surface area contributed by atoms with Crippen LogP contribution in [0.3, 0.4) is 0 Å². The van der Waals surface area contributed by atoms with E-state index in [0.717, 1.165) is 0 Å². The summed E-state index contributed by atoms with van der Waals surface area (Å²) in [6.45, 7) is -0.622. The van der Waals surface area contributed by atoms with Crippen LogP contribution in [0.2, 0.25) is 0 Å². The molecule has 0 unspecified atom stereocenters. The van der Waals surface area contributed by atoms with E-state index in [2.05, 4.69) is 0 Å². The topological polar surface area (TPSA) is 345 Å². The first-order chi connectivity index (χ1) is 46.6. The van der Waals surface area contributed by atoms with Crippen LogP contribution in [0.1, 0.15) is 0 Å². The zero-order valence-electron chi connectivity index (χ0n) is 58.5. The number of hydrogen-bond acceptors (Lipinski definition) is 35. The molecule has 21 saturated heterocycles. The van der Waals surface area contributed by atoms with E-state index in [4.69, 9.17) is 156 Å². The zero-order valence-corrected chi connectivity index (χ0v) is 58.5. The first-order valence-corrected chi connectivity index (χ1v) is 31.9. The SMILES string of the molecule is COC[C@H]1O[C@@H]2O[C@H]3[C@H](OC)[C@@H](OC)[C@@H](O[C@H]4[C@H](OC)[C@@H](OC)[C@@H](O[C@H]5[C@H](OC)[C@@H](OC)[C@@H](O[C@H]6[C@H](OC)[C@@H](OC)[C@@H](O[C@H]7[C@H](OC)[C@@H](OC)[C@@H](O[C@H]8[C@H](OC)[C@@H](O)[C@@H](O[C@H]1[C@H](O)[C@H]2OC)O[C@@H]8COC)O[C@@H]7COC)O[C@@H]6COC)O[C@@H]5COC)O[C@@H]4COC)O[C@@H]3COC. The molecule has 0 aliphatic carbocycles. The van der Waals surface area contributed by atoms with Crippen LogP contribution in [0.5, 0.6) is 0 Å². The van der Waals surface area contributed by atoms with Crippen molar-refractivity contribution >= 4 is 0 Å². The fraction of sp³-hybridized carbons (Fsp3) is 1.00. The van der Waals surface area contributed by atoms with E-state index in [1.807, 2.05) is 0 Å². The van der Waals surface area contributed by atoms with Gasteiger partial charge in [0.25, 0.3) is 0 Å². The fourth-order valence-corrected chi connectivity index (χ4v) is 14.4. The van der Waals surface area contributed by atoms with E-state index in [9.17, 15) is 10.2 Å². The Bertz CT molecular complexity index is 2170. The lowest BCUT2D eigenvalue weighted by Crippen LogP contribution is -2.69. The van der Waals surface area contributed by atoms with Gasteiger partial charge in [0.05, 0.1) is 46.2 Å². The number of hydrogen-bond donors (Lipinski definition) is 2. The number of aliphatic hydroxyl groups excluding tert-OH is 2. The maximum absolute atomic E-state index is 12.5. The van der Waals surface area contributed by atoms with Gasteiger partial charge < -0.3 is 167 Å². The lowest BCUT2D eigenvalue weighted by atomic mass is 9.94. The first-order valence-electron chi connectivity index (χ1n) is 31.9. The van der Waals surface area contributed by atoms with Gasteiger partial charge in [0.2, 0.25) is 0 Å². The Morgan fingerprint density at radius 2 is 0.344 bits per heavy atom. The molecule has 0 saturated carbocycles. The molecular weight excluding hydrogens is 1290 g/mol. The molecule has 35 heteroatoms. The molecule has 21 rings (SSSR count). The summed E-state index contributed by atoms with van der Waals surface area (Å²) in [5.74, 6) is 0. The molecule has 96 heavy (non-hydrogen) atoms. The van der Waals surface area contributed by atoms with Crippen molar-refractivity contribution in [2.45, 2.75) is 215 Å². The van der Waals surface area contributed by atoms with E-state index in [1.165, 1.54) is 135 Å². The second-order valence-electron chi connectivity index (χ2n) is 24.1. The number of aliphatic hydroxyl groups is 2. The van der Waals surface area contributed by atoms with E-state index in [-0.39, 0.29) is 46.2 Å². The van der Waals surface area contributed by atoms with Gasteiger partial charge in [-0.3, -0.25) is 0 Å². The normalized spacial score (nSPS) is 46.8. The molecule has 35 atom stereocenters. The molecule has 21 aliphatic rings. The van der Waals surface area contributed by atoms with Crippen molar-refractivity contribution < 1.29 is 167 Å². The number of ether oxygens (including phenoxy) is 33. The van der Waals surface area contributed by atoms with Gasteiger partial charge in [-0.25, -0.2) is 0 Å². The molecule has 14 bridgehead atoms. The van der Waals surface area contributed by atoms with Gasteiger partial charge in [-0.2, -0.15) is 0 Å². The van der Waals surface area contributed by atoms with Crippen molar-refractivity contribution in [3.63, 3.8) is 0 Å². The van der Waals surface area contributed by atoms with Crippen LogP contribution >= 0.6 is 0 Å². The largest absolute Gasteiger partial charge is 0.387 e. The maximum Gasteiger partial charge on any atom is 0.187 e. The van der Waals surface area contributed by atoms with E-state index >= 15 is 0 Å². The Morgan fingerprint density at radius 3 is 0.542 bits per heavy atom. The summed E-state index contributed by atoms with van der Waals surface area (Å²) >= 11 is 0. The van der Waals surface area contributed by atoms with Crippen molar-refractivity contribution in [1.29, 1.82) is 0 Å². The Labute approximate surface area is 561 Å². The van der Waals surface area contributed by atoms with Crippen molar-refractivity contribution in [2.75, 3.05) is 181 Å². The van der Waals surface area contributed by atoms with Gasteiger partial charge >= 0.3 is 0 Å². The Kier molecular flexibility index (Phi) is 32.6. The number of methoxy groups -OCH3 is 19. The summed E-state index contributed by atoms with van der Waals surface area (Å²) in [5, 5.41) is 24.9. The summed E-state index contributed by atoms with van der Waals surface area (Å²) in [7, 11) is 27.9. The highest BCUT2D eigenvalue weighted by Crippen LogP contribution is 2.43. The molecule has 21 aliphatic heterocycles. The van der Waals surface area contributed by atoms with Crippen molar-refractivity contribution in [1.82, 2.24) is 0 Å². The van der Waals surface area contributed by atoms with Gasteiger partial charge in [-0.15, -0.1) is 0 Å². The van der Waals surface area contributed by atoms with Gasteiger partial charge in [0.15, 0.2) is 44.0 Å². The predicted molar refractivity (Wildman–Crippen MR) is 319 cm³/mol. The Hall–Kier alpha value is -1.40. The van der Waals surface area contributed by atoms with Gasteiger partial charge in [0, 0.05) is 135 Å². The van der Waals surface area contributed by atoms with Gasteiger partial charge in [-0.05, 0) is 0 Å². The highest BCUT2D eigenvalue weighted by molar-refractivity contribution is 5.04. The monoisotopic (exact) mass is 1400 g/mol. The molecule has 21 fully saturated rings. The Balaban J connectivity index is 1.22. The van der Waals surface area contributed by atoms with Crippen LogP contribution in [0.25, 0.3) is 0 Å². The van der Waals surface area contributed by atoms with E-state index in [0.29, 0.717) is 0 Å². The van der Waals surface area contributed by atoms with Crippen LogP contribution < -0.4 is 0 Å². The average Bonchev–Trinajstić information content (AvgIpc) is 0.781. The minimum atomic E-state index is -1.62. The summed E-state index contributed by atoms with van der Waals surface area (Å²) in [6.07, 6.45) is -39.7. The highest BCUT2D eigenvalue weighted by atomic mass is 16.8. The molecule has 0 aromatic rings. The third-order valence-electron chi connectivity index (χ3n) is 18.8. The van der Waals surface area contributed by atoms with Crippen molar-refractivity contribution in [3.05, 3.63) is 0 Å². The van der Waals surface area contributed by atoms with Crippen LogP contribution in [0.15, 0.2) is 0 Å². The lowest BCUT2D eigenvalue weighted by Gasteiger charge is -2.52. The average molecular weight is 1400 g/mol. The standard InChI is InChI=1S/C61H108O35/c1-64-20-27-36-34(62)44(72-9)56(84-27)92-38-29(22-66-3)86-58(51(79-16)45(38)73-10)94-40-31(24-68-5)88-60(53(81-18)47(40)75-12)96-42-33(26-70-7)89-61(54(82-19)49(42)77-14)95-41-32(25-69-6)87-59(52(80-17)48(41)76-13)93-39-30(23-67-4)85-57(50(78-15)46(39)74-11)91-37-28(21-65-2)83-55(90-36)35(63)43(37)71-8/h27-63H,20-26H2,1-19H3/t27-,28-,29-,30-,31-,32-,33-,34+,35-,36-,37-,38-,39-,40-,41-,42-,43-,44-,45+,46+,47+,48+,49+,50-,51-,52-,53-,54-,55-,56-,57-,58-,59-,60-,61-/m1/s1. The second-order valence-corrected chi connectivity index (χ2v) is 24.1. The molecule has 562 valence electrons. The molecule has 0 aromatic heterocycles. The molecule has 0 spiro atoms. The van der Waals surface area contributed by atoms with Gasteiger partial charge in [0.1, 0.15) is 171 Å². The highest BCUT2D eigenvalue weighted by Gasteiger charge is 2.62. The molecule has 0 aromatic carbocycles. The zero-order chi connectivity index (χ0) is 69.5. The molecule has 0 radical (unpaired) electrons. The molecule has 2 N–H and O–H groups in total. The predicted octanol–water partition coefficient (Wildman–Crippen LogP) is -2.80. The van der Waals surface area contributed by atoms with Crippen LogP contribution in [-0.4, -0.2) is 406 Å². The summed E-state index contributed by atoms with van der Waals surface area (Å²) in [5.41, 5.74) is 0. The smallest absolute Gasteiger partial charge is 0.187 e. The third kappa shape index (κ3) is 17.4. The lowest BCUT2D eigenvalue weighted by molar-refractivity contribution is -0.402. The molecular formula is C61H108O35. The quantitative estimate of drug-likeness (QED) is 0.0883. The molecule has 21 heterocycles. The van der Waals surface area contributed by atoms with E-state index in [1.54, 1.807) is 0 Å². The second kappa shape index (κ2) is 38.9. The Morgan fingerprint density at radius 1 is 0.177 bits per heavy atom. The summed E-state index contributed by atoms with van der Waals surface area (Å²) < 4.78 is 210. The summed E-state index contributed by atoms with van der Waals surface area (Å²) in [4.78, 5) is 0. The maximum atomic E-state index is 12.5. The fourth-order valence-electron chi connectivity index (χ4n) is 14.4. The molecule has 0 amide bonds.